The largest absolute Gasteiger partial charge is 0.464 e. The summed E-state index contributed by atoms with van der Waals surface area (Å²) in [6, 6.07) is 4.60. The predicted octanol–water partition coefficient (Wildman–Crippen LogP) is 0.949. The Hall–Kier alpha value is -2.32. The van der Waals surface area contributed by atoms with E-state index in [1.165, 1.54) is 19.2 Å². The van der Waals surface area contributed by atoms with Gasteiger partial charge in [0.2, 0.25) is 5.60 Å². The zero-order valence-electron chi connectivity index (χ0n) is 12.4. The molecule has 1 N–H and O–H groups in total. The van der Waals surface area contributed by atoms with E-state index in [0.717, 1.165) is 19.1 Å². The number of rotatable bonds is 7. The summed E-state index contributed by atoms with van der Waals surface area (Å²) in [5, 5.41) is 21.4. The SMILES string of the molecule is CCOC(=O)[C@@](O)(c1ccc([N+](=O)[O-])cc1)[C@@H](OC)C(C)=O. The van der Waals surface area contributed by atoms with E-state index in [9.17, 15) is 24.8 Å². The van der Waals surface area contributed by atoms with Gasteiger partial charge in [-0.05, 0) is 31.5 Å². The van der Waals surface area contributed by atoms with Crippen molar-refractivity contribution in [3.63, 3.8) is 0 Å². The van der Waals surface area contributed by atoms with Crippen molar-refractivity contribution >= 4 is 17.4 Å². The number of aliphatic hydroxyl groups is 1. The quantitative estimate of drug-likeness (QED) is 0.452. The Labute approximate surface area is 126 Å². The number of hydrogen-bond donors (Lipinski definition) is 1. The van der Waals surface area contributed by atoms with Crippen molar-refractivity contribution in [2.45, 2.75) is 25.6 Å². The van der Waals surface area contributed by atoms with E-state index in [2.05, 4.69) is 0 Å². The summed E-state index contributed by atoms with van der Waals surface area (Å²) in [6.07, 6.45) is -1.49. The van der Waals surface area contributed by atoms with Gasteiger partial charge < -0.3 is 14.6 Å². The lowest BCUT2D eigenvalue weighted by Crippen LogP contribution is -2.51. The highest BCUT2D eigenvalue weighted by molar-refractivity contribution is 5.92. The first-order chi connectivity index (χ1) is 10.3. The first-order valence-corrected chi connectivity index (χ1v) is 6.46. The number of carbonyl (C=O) groups excluding carboxylic acids is 2. The summed E-state index contributed by atoms with van der Waals surface area (Å²) in [5.74, 6) is -1.65. The molecule has 0 saturated carbocycles. The van der Waals surface area contributed by atoms with E-state index in [-0.39, 0.29) is 17.9 Å². The van der Waals surface area contributed by atoms with Crippen LogP contribution >= 0.6 is 0 Å². The second-order valence-electron chi connectivity index (χ2n) is 4.52. The molecule has 8 nitrogen and oxygen atoms in total. The van der Waals surface area contributed by atoms with E-state index >= 15 is 0 Å². The summed E-state index contributed by atoms with van der Waals surface area (Å²) in [6.45, 7) is 2.69. The van der Waals surface area contributed by atoms with Gasteiger partial charge in [-0.15, -0.1) is 0 Å². The summed E-state index contributed by atoms with van der Waals surface area (Å²) < 4.78 is 9.76. The van der Waals surface area contributed by atoms with Crippen molar-refractivity contribution < 1.29 is 29.1 Å². The van der Waals surface area contributed by atoms with Gasteiger partial charge in [0.05, 0.1) is 11.5 Å². The molecule has 8 heteroatoms. The minimum absolute atomic E-state index is 0.0114. The number of benzene rings is 1. The summed E-state index contributed by atoms with van der Waals surface area (Å²) in [5.41, 5.74) is -2.63. The number of non-ortho nitro benzene ring substituents is 1. The van der Waals surface area contributed by atoms with Crippen LogP contribution < -0.4 is 0 Å². The maximum absolute atomic E-state index is 12.2. The van der Waals surface area contributed by atoms with Crippen LogP contribution in [0.2, 0.25) is 0 Å². The molecule has 0 bridgehead atoms. The molecule has 0 spiro atoms. The Morgan fingerprint density at radius 3 is 2.27 bits per heavy atom. The minimum atomic E-state index is -2.38. The lowest BCUT2D eigenvalue weighted by molar-refractivity contribution is -0.384. The topological polar surface area (TPSA) is 116 Å². The van der Waals surface area contributed by atoms with Crippen LogP contribution in [0, 0.1) is 10.1 Å². The maximum atomic E-state index is 12.2. The van der Waals surface area contributed by atoms with Gasteiger partial charge in [-0.25, -0.2) is 4.79 Å². The van der Waals surface area contributed by atoms with Crippen molar-refractivity contribution in [2.75, 3.05) is 13.7 Å². The Morgan fingerprint density at radius 1 is 1.36 bits per heavy atom. The van der Waals surface area contributed by atoms with Crippen molar-refractivity contribution in [2.24, 2.45) is 0 Å². The van der Waals surface area contributed by atoms with Crippen LogP contribution in [-0.4, -0.2) is 41.6 Å². The van der Waals surface area contributed by atoms with Crippen molar-refractivity contribution in [1.82, 2.24) is 0 Å². The molecule has 1 aromatic carbocycles. The number of nitrogens with zero attached hydrogens (tertiary/aromatic N) is 1. The highest BCUT2D eigenvalue weighted by atomic mass is 16.6. The van der Waals surface area contributed by atoms with E-state index in [4.69, 9.17) is 9.47 Å². The van der Waals surface area contributed by atoms with E-state index in [1.54, 1.807) is 6.92 Å². The molecule has 0 aliphatic rings. The van der Waals surface area contributed by atoms with Crippen molar-refractivity contribution in [3.8, 4) is 0 Å². The van der Waals surface area contributed by atoms with Gasteiger partial charge in [0.15, 0.2) is 11.9 Å². The zero-order valence-corrected chi connectivity index (χ0v) is 12.4. The van der Waals surface area contributed by atoms with Crippen LogP contribution in [0.4, 0.5) is 5.69 Å². The van der Waals surface area contributed by atoms with E-state index in [1.807, 2.05) is 0 Å². The number of ketones is 1. The molecular weight excluding hydrogens is 294 g/mol. The highest BCUT2D eigenvalue weighted by Gasteiger charge is 2.50. The normalized spacial score (nSPS) is 14.7. The smallest absolute Gasteiger partial charge is 0.346 e. The monoisotopic (exact) mass is 311 g/mol. The Balaban J connectivity index is 3.39. The number of ether oxygens (including phenoxy) is 2. The molecule has 0 amide bonds. The van der Waals surface area contributed by atoms with Gasteiger partial charge in [-0.3, -0.25) is 14.9 Å². The van der Waals surface area contributed by atoms with E-state index < -0.39 is 28.4 Å². The highest BCUT2D eigenvalue weighted by Crippen LogP contribution is 2.30. The van der Waals surface area contributed by atoms with Gasteiger partial charge >= 0.3 is 5.97 Å². The average molecular weight is 311 g/mol. The molecule has 0 aromatic heterocycles. The van der Waals surface area contributed by atoms with Gasteiger partial charge in [0.25, 0.3) is 5.69 Å². The molecule has 0 fully saturated rings. The third kappa shape index (κ3) is 3.29. The number of nitro benzene ring substituents is 1. The molecular formula is C14H17NO7. The van der Waals surface area contributed by atoms with Crippen LogP contribution in [0.3, 0.4) is 0 Å². The van der Waals surface area contributed by atoms with Crippen molar-refractivity contribution in [3.05, 3.63) is 39.9 Å². The minimum Gasteiger partial charge on any atom is -0.464 e. The fraction of sp³-hybridized carbons (Fsp3) is 0.429. The lowest BCUT2D eigenvalue weighted by Gasteiger charge is -2.31. The molecule has 0 radical (unpaired) electrons. The average Bonchev–Trinajstić information content (AvgIpc) is 2.47. The molecule has 120 valence electrons. The van der Waals surface area contributed by atoms with E-state index in [0.29, 0.717) is 0 Å². The molecule has 0 heterocycles. The fourth-order valence-electron chi connectivity index (χ4n) is 2.09. The van der Waals surface area contributed by atoms with Crippen LogP contribution in [0.5, 0.6) is 0 Å². The van der Waals surface area contributed by atoms with Crippen LogP contribution in [0.15, 0.2) is 24.3 Å². The third-order valence-electron chi connectivity index (χ3n) is 3.09. The van der Waals surface area contributed by atoms with Gasteiger partial charge in [-0.2, -0.15) is 0 Å². The Kier molecular flexibility index (Phi) is 5.72. The van der Waals surface area contributed by atoms with Crippen LogP contribution in [0.1, 0.15) is 19.4 Å². The second kappa shape index (κ2) is 7.10. The van der Waals surface area contributed by atoms with Gasteiger partial charge in [0.1, 0.15) is 0 Å². The maximum Gasteiger partial charge on any atom is 0.346 e. The first-order valence-electron chi connectivity index (χ1n) is 6.46. The van der Waals surface area contributed by atoms with Crippen molar-refractivity contribution in [1.29, 1.82) is 0 Å². The molecule has 0 aliphatic carbocycles. The number of nitro groups is 1. The standard InChI is InChI=1S/C14H17NO7/c1-4-22-13(17)14(18,12(21-3)9(2)16)10-5-7-11(8-6-10)15(19)20/h5-8,12,18H,4H2,1-3H3/t12-,14+/m0/s1. The Morgan fingerprint density at radius 2 is 1.91 bits per heavy atom. The summed E-state index contributed by atoms with van der Waals surface area (Å²) in [4.78, 5) is 33.9. The zero-order chi connectivity index (χ0) is 16.9. The number of methoxy groups -OCH3 is 1. The molecule has 1 rings (SSSR count). The first kappa shape index (κ1) is 17.7. The number of Topliss-reactive ketones (excluding diaryl/α,β-unsaturated/α-hetero) is 1. The molecule has 2 atom stereocenters. The van der Waals surface area contributed by atoms with Gasteiger partial charge in [0, 0.05) is 19.2 Å². The summed E-state index contributed by atoms with van der Waals surface area (Å²) in [7, 11) is 1.17. The fourth-order valence-corrected chi connectivity index (χ4v) is 2.09. The summed E-state index contributed by atoms with van der Waals surface area (Å²) >= 11 is 0. The predicted molar refractivity (Wildman–Crippen MR) is 75.1 cm³/mol. The number of hydrogen-bond acceptors (Lipinski definition) is 7. The third-order valence-corrected chi connectivity index (χ3v) is 3.09. The number of carbonyl (C=O) groups is 2. The molecule has 0 saturated heterocycles. The number of esters is 1. The molecule has 1 aromatic rings. The molecule has 0 unspecified atom stereocenters. The molecule has 22 heavy (non-hydrogen) atoms. The van der Waals surface area contributed by atoms with Gasteiger partial charge in [-0.1, -0.05) is 0 Å². The van der Waals surface area contributed by atoms with Crippen LogP contribution in [0.25, 0.3) is 0 Å². The van der Waals surface area contributed by atoms with Crippen LogP contribution in [-0.2, 0) is 24.7 Å². The lowest BCUT2D eigenvalue weighted by atomic mass is 9.86. The second-order valence-corrected chi connectivity index (χ2v) is 4.52. The molecule has 0 aliphatic heterocycles. The Bertz CT molecular complexity index is 569.